The molecule has 1 aromatic carbocycles. The SMILES string of the molecule is CCc1ccc(CNC(=NC)NCCNC(=O)c2ccccc2)s1.I. The van der Waals surface area contributed by atoms with Gasteiger partial charge in [-0.05, 0) is 30.7 Å². The number of thiophene rings is 1. The molecule has 0 unspecified atom stereocenters. The molecule has 2 rings (SSSR count). The Morgan fingerprint density at radius 1 is 1.00 bits per heavy atom. The number of carbonyl (C=O) groups excluding carboxylic acids is 1. The zero-order valence-electron chi connectivity index (χ0n) is 14.5. The van der Waals surface area contributed by atoms with Gasteiger partial charge < -0.3 is 16.0 Å². The van der Waals surface area contributed by atoms with Crippen molar-refractivity contribution < 1.29 is 4.79 Å². The summed E-state index contributed by atoms with van der Waals surface area (Å²) in [5, 5.41) is 9.36. The molecule has 0 atom stereocenters. The van der Waals surface area contributed by atoms with Crippen LogP contribution in [-0.4, -0.2) is 32.0 Å². The minimum atomic E-state index is -0.0639. The summed E-state index contributed by atoms with van der Waals surface area (Å²) in [6, 6.07) is 13.5. The molecule has 1 amide bonds. The number of amides is 1. The van der Waals surface area contributed by atoms with Crippen LogP contribution in [0, 0.1) is 0 Å². The molecule has 1 aromatic heterocycles. The number of rotatable bonds is 7. The molecule has 0 aliphatic heterocycles. The smallest absolute Gasteiger partial charge is 0.251 e. The molecule has 0 bridgehead atoms. The van der Waals surface area contributed by atoms with Gasteiger partial charge in [0.2, 0.25) is 0 Å². The monoisotopic (exact) mass is 472 g/mol. The third-order valence-corrected chi connectivity index (χ3v) is 4.69. The normalized spacial score (nSPS) is 10.7. The fourth-order valence-corrected chi connectivity index (χ4v) is 3.04. The van der Waals surface area contributed by atoms with Gasteiger partial charge in [-0.2, -0.15) is 0 Å². The molecular weight excluding hydrogens is 447 g/mol. The number of nitrogens with one attached hydrogen (secondary N) is 3. The van der Waals surface area contributed by atoms with E-state index in [1.807, 2.05) is 29.5 Å². The fraction of sp³-hybridized carbons (Fsp3) is 0.333. The van der Waals surface area contributed by atoms with Gasteiger partial charge in [-0.25, -0.2) is 0 Å². The second-order valence-electron chi connectivity index (χ2n) is 5.20. The number of aliphatic imine (C=N–C) groups is 1. The molecular formula is C18H25IN4OS. The molecule has 1 heterocycles. The highest BCUT2D eigenvalue weighted by molar-refractivity contribution is 14.0. The van der Waals surface area contributed by atoms with Crippen molar-refractivity contribution in [2.45, 2.75) is 19.9 Å². The second kappa shape index (κ2) is 11.9. The van der Waals surface area contributed by atoms with Crippen LogP contribution in [0.2, 0.25) is 0 Å². The summed E-state index contributed by atoms with van der Waals surface area (Å²) in [6.07, 6.45) is 1.07. The zero-order valence-corrected chi connectivity index (χ0v) is 17.7. The van der Waals surface area contributed by atoms with Crippen LogP contribution in [-0.2, 0) is 13.0 Å². The van der Waals surface area contributed by atoms with Crippen molar-refractivity contribution >= 4 is 47.2 Å². The molecule has 0 spiro atoms. The predicted octanol–water partition coefficient (Wildman–Crippen LogP) is 3.02. The summed E-state index contributed by atoms with van der Waals surface area (Å²) in [4.78, 5) is 18.8. The molecule has 0 aliphatic carbocycles. The number of carbonyl (C=O) groups is 1. The van der Waals surface area contributed by atoms with Gasteiger partial charge in [0.05, 0.1) is 6.54 Å². The molecule has 7 heteroatoms. The molecule has 25 heavy (non-hydrogen) atoms. The number of benzene rings is 1. The lowest BCUT2D eigenvalue weighted by molar-refractivity contribution is 0.0954. The van der Waals surface area contributed by atoms with Crippen LogP contribution in [0.4, 0.5) is 0 Å². The van der Waals surface area contributed by atoms with Crippen LogP contribution >= 0.6 is 35.3 Å². The molecule has 136 valence electrons. The molecule has 0 saturated carbocycles. The van der Waals surface area contributed by atoms with Crippen LogP contribution in [0.15, 0.2) is 47.5 Å². The quantitative estimate of drug-likeness (QED) is 0.251. The molecule has 0 fully saturated rings. The Kier molecular flexibility index (Phi) is 10.2. The number of guanidine groups is 1. The summed E-state index contributed by atoms with van der Waals surface area (Å²) in [5.41, 5.74) is 0.671. The van der Waals surface area contributed by atoms with E-state index in [0.29, 0.717) is 18.7 Å². The Morgan fingerprint density at radius 2 is 1.68 bits per heavy atom. The van der Waals surface area contributed by atoms with Gasteiger partial charge in [0.15, 0.2) is 5.96 Å². The summed E-state index contributed by atoms with van der Waals surface area (Å²) in [7, 11) is 1.74. The predicted molar refractivity (Wildman–Crippen MR) is 116 cm³/mol. The van der Waals surface area contributed by atoms with E-state index in [0.717, 1.165) is 18.9 Å². The van der Waals surface area contributed by atoms with Crippen molar-refractivity contribution in [3.63, 3.8) is 0 Å². The van der Waals surface area contributed by atoms with Crippen molar-refractivity contribution in [3.8, 4) is 0 Å². The van der Waals surface area contributed by atoms with E-state index >= 15 is 0 Å². The Hall–Kier alpha value is -1.61. The van der Waals surface area contributed by atoms with Crippen molar-refractivity contribution in [3.05, 3.63) is 57.8 Å². The van der Waals surface area contributed by atoms with Gasteiger partial charge >= 0.3 is 0 Å². The number of aryl methyl sites for hydroxylation is 1. The van der Waals surface area contributed by atoms with Crippen LogP contribution in [0.25, 0.3) is 0 Å². The highest BCUT2D eigenvalue weighted by Gasteiger charge is 2.04. The van der Waals surface area contributed by atoms with E-state index in [1.165, 1.54) is 9.75 Å². The Morgan fingerprint density at radius 3 is 2.32 bits per heavy atom. The van der Waals surface area contributed by atoms with Crippen LogP contribution in [0.1, 0.15) is 27.0 Å². The van der Waals surface area contributed by atoms with Crippen molar-refractivity contribution in [2.75, 3.05) is 20.1 Å². The standard InChI is InChI=1S/C18H24N4OS.HI/c1-3-15-9-10-16(24-15)13-22-18(19-2)21-12-11-20-17(23)14-7-5-4-6-8-14;/h4-10H,3,11-13H2,1-2H3,(H,20,23)(H2,19,21,22);1H. The number of hydrogen-bond acceptors (Lipinski definition) is 3. The lowest BCUT2D eigenvalue weighted by atomic mass is 10.2. The minimum Gasteiger partial charge on any atom is -0.355 e. The fourth-order valence-electron chi connectivity index (χ4n) is 2.15. The highest BCUT2D eigenvalue weighted by Crippen LogP contribution is 2.16. The first kappa shape index (κ1) is 21.4. The van der Waals surface area contributed by atoms with Gasteiger partial charge in [0.1, 0.15) is 0 Å². The van der Waals surface area contributed by atoms with Crippen molar-refractivity contribution in [1.29, 1.82) is 0 Å². The van der Waals surface area contributed by atoms with E-state index in [1.54, 1.807) is 19.2 Å². The second-order valence-corrected chi connectivity index (χ2v) is 6.45. The van der Waals surface area contributed by atoms with Gasteiger partial charge in [-0.15, -0.1) is 35.3 Å². The average Bonchev–Trinajstić information content (AvgIpc) is 3.09. The molecule has 0 radical (unpaired) electrons. The van der Waals surface area contributed by atoms with E-state index in [4.69, 9.17) is 0 Å². The van der Waals surface area contributed by atoms with Gasteiger partial charge in [-0.1, -0.05) is 25.1 Å². The number of nitrogens with zero attached hydrogens (tertiary/aromatic N) is 1. The summed E-state index contributed by atoms with van der Waals surface area (Å²) in [6.45, 7) is 4.06. The van der Waals surface area contributed by atoms with E-state index in [-0.39, 0.29) is 29.9 Å². The Labute approximate surface area is 170 Å². The third-order valence-electron chi connectivity index (χ3n) is 3.46. The summed E-state index contributed by atoms with van der Waals surface area (Å²) < 4.78 is 0. The van der Waals surface area contributed by atoms with Crippen molar-refractivity contribution in [1.82, 2.24) is 16.0 Å². The lowest BCUT2D eigenvalue weighted by Gasteiger charge is -2.11. The van der Waals surface area contributed by atoms with E-state index in [9.17, 15) is 4.79 Å². The highest BCUT2D eigenvalue weighted by atomic mass is 127. The molecule has 2 aromatic rings. The largest absolute Gasteiger partial charge is 0.355 e. The molecule has 0 aliphatic rings. The molecule has 5 nitrogen and oxygen atoms in total. The van der Waals surface area contributed by atoms with E-state index in [2.05, 4.69) is 40.0 Å². The maximum Gasteiger partial charge on any atom is 0.251 e. The molecule has 0 saturated heterocycles. The van der Waals surface area contributed by atoms with Crippen LogP contribution < -0.4 is 16.0 Å². The maximum atomic E-state index is 11.9. The lowest BCUT2D eigenvalue weighted by Crippen LogP contribution is -2.41. The Bertz CT molecular complexity index is 673. The first-order valence-electron chi connectivity index (χ1n) is 8.08. The van der Waals surface area contributed by atoms with Crippen LogP contribution in [0.5, 0.6) is 0 Å². The Balaban J connectivity index is 0.00000312. The summed E-state index contributed by atoms with van der Waals surface area (Å²) in [5.74, 6) is 0.668. The zero-order chi connectivity index (χ0) is 17.2. The van der Waals surface area contributed by atoms with Crippen molar-refractivity contribution in [2.24, 2.45) is 4.99 Å². The maximum absolute atomic E-state index is 11.9. The van der Waals surface area contributed by atoms with Crippen LogP contribution in [0.3, 0.4) is 0 Å². The topological polar surface area (TPSA) is 65.5 Å². The van der Waals surface area contributed by atoms with Gasteiger partial charge in [-0.3, -0.25) is 9.79 Å². The number of hydrogen-bond donors (Lipinski definition) is 3. The molecule has 3 N–H and O–H groups in total. The average molecular weight is 472 g/mol. The number of halogens is 1. The van der Waals surface area contributed by atoms with Gasteiger partial charge in [0.25, 0.3) is 5.91 Å². The third kappa shape index (κ3) is 7.43. The van der Waals surface area contributed by atoms with E-state index < -0.39 is 0 Å². The first-order chi connectivity index (χ1) is 11.7. The minimum absolute atomic E-state index is 0. The first-order valence-corrected chi connectivity index (χ1v) is 8.90. The summed E-state index contributed by atoms with van der Waals surface area (Å²) >= 11 is 1.81. The van der Waals surface area contributed by atoms with Gasteiger partial charge in [0, 0.05) is 35.5 Å².